The molecule has 1 amide bonds. The van der Waals surface area contributed by atoms with Crippen LogP contribution in [-0.2, 0) is 4.79 Å². The van der Waals surface area contributed by atoms with Gasteiger partial charge in [-0.05, 0) is 43.5 Å². The fraction of sp³-hybridized carbons (Fsp3) is 0.222. The van der Waals surface area contributed by atoms with E-state index in [9.17, 15) is 4.79 Å². The Balaban J connectivity index is 1.39. The number of hydrogen-bond acceptors (Lipinski definition) is 8. The predicted molar refractivity (Wildman–Crippen MR) is 145 cm³/mol. The number of piperazine rings is 1. The van der Waals surface area contributed by atoms with Crippen LogP contribution in [0.15, 0.2) is 67.4 Å². The number of ether oxygens (including phenoxy) is 2. The summed E-state index contributed by atoms with van der Waals surface area (Å²) in [5.41, 5.74) is 3.08. The van der Waals surface area contributed by atoms with E-state index in [1.165, 1.54) is 6.08 Å². The molecule has 5 rings (SSSR count). The normalized spacial score (nSPS) is 13.8. The molecule has 0 bridgehead atoms. The third-order valence-corrected chi connectivity index (χ3v) is 6.16. The number of benzene rings is 2. The fourth-order valence-corrected chi connectivity index (χ4v) is 4.18. The summed E-state index contributed by atoms with van der Waals surface area (Å²) in [6.07, 6.45) is 3.00. The lowest BCUT2D eigenvalue weighted by Gasteiger charge is -2.34. The molecule has 10 nitrogen and oxygen atoms in total. The number of carbonyl (C=O) groups excluding carboxylic acids is 1. The van der Waals surface area contributed by atoms with Crippen molar-refractivity contribution in [1.82, 2.24) is 19.9 Å². The van der Waals surface area contributed by atoms with Gasteiger partial charge in [0.25, 0.3) is 0 Å². The zero-order valence-corrected chi connectivity index (χ0v) is 20.8. The molecule has 0 radical (unpaired) electrons. The van der Waals surface area contributed by atoms with Crippen molar-refractivity contribution >= 4 is 40.0 Å². The van der Waals surface area contributed by atoms with Gasteiger partial charge in [0.1, 0.15) is 17.1 Å². The number of rotatable bonds is 8. The van der Waals surface area contributed by atoms with Gasteiger partial charge in [0.2, 0.25) is 17.7 Å². The van der Waals surface area contributed by atoms with Crippen molar-refractivity contribution in [3.05, 3.63) is 67.4 Å². The van der Waals surface area contributed by atoms with Crippen LogP contribution in [0.3, 0.4) is 0 Å². The first-order chi connectivity index (χ1) is 18.0. The third-order valence-electron chi connectivity index (χ3n) is 6.16. The van der Waals surface area contributed by atoms with E-state index in [1.807, 2.05) is 18.2 Å². The molecule has 0 aliphatic carbocycles. The molecule has 0 saturated carbocycles. The first kappa shape index (κ1) is 24.1. The second-order valence-electron chi connectivity index (χ2n) is 8.72. The van der Waals surface area contributed by atoms with Gasteiger partial charge in [-0.15, -0.1) is 0 Å². The highest BCUT2D eigenvalue weighted by atomic mass is 16.5. The maximum Gasteiger partial charge on any atom is 0.247 e. The smallest absolute Gasteiger partial charge is 0.247 e. The number of likely N-dealkylation sites (N-methyl/N-ethyl adjacent to an activating group) is 1. The maximum atomic E-state index is 11.7. The van der Waals surface area contributed by atoms with Gasteiger partial charge >= 0.3 is 0 Å². The van der Waals surface area contributed by atoms with Gasteiger partial charge in [-0.2, -0.15) is 9.97 Å². The molecule has 190 valence electrons. The monoisotopic (exact) mass is 499 g/mol. The van der Waals surface area contributed by atoms with Crippen molar-refractivity contribution in [3.8, 4) is 17.4 Å². The topological polar surface area (TPSA) is 108 Å². The standard InChI is InChI=1S/C27H29N7O3/c1-4-24(35)29-18-6-5-7-20(16-18)37-26-21-10-11-28-25(21)31-27(32-26)30-19-8-9-22(23(17-19)36-3)34-14-12-33(2)13-15-34/h4-11,16-17H,1,12-15H2,2-3H3,(H,29,35)(H2,28,30,31,32). The van der Waals surface area contributed by atoms with Gasteiger partial charge in [-0.3, -0.25) is 4.79 Å². The summed E-state index contributed by atoms with van der Waals surface area (Å²) in [6.45, 7) is 7.41. The number of fused-ring (bicyclic) bond motifs is 1. The number of methoxy groups -OCH3 is 1. The molecule has 1 aliphatic heterocycles. The zero-order chi connectivity index (χ0) is 25.8. The molecule has 10 heteroatoms. The van der Waals surface area contributed by atoms with Gasteiger partial charge in [0, 0.05) is 55.9 Å². The maximum absolute atomic E-state index is 11.7. The molecule has 4 aromatic rings. The van der Waals surface area contributed by atoms with Gasteiger partial charge in [0.15, 0.2) is 0 Å². The summed E-state index contributed by atoms with van der Waals surface area (Å²) in [5.74, 6) is 1.75. The van der Waals surface area contributed by atoms with Crippen LogP contribution in [0.5, 0.6) is 17.4 Å². The average molecular weight is 500 g/mol. The Bertz CT molecular complexity index is 1430. The van der Waals surface area contributed by atoms with Gasteiger partial charge in [-0.1, -0.05) is 12.6 Å². The second-order valence-corrected chi connectivity index (χ2v) is 8.72. The Labute approximate surface area is 214 Å². The molecule has 0 spiro atoms. The van der Waals surface area contributed by atoms with E-state index in [0.717, 1.165) is 48.7 Å². The van der Waals surface area contributed by atoms with Crippen molar-refractivity contribution in [2.75, 3.05) is 55.9 Å². The Morgan fingerprint density at radius 2 is 1.92 bits per heavy atom. The highest BCUT2D eigenvalue weighted by Crippen LogP contribution is 2.34. The van der Waals surface area contributed by atoms with E-state index in [2.05, 4.69) is 55.1 Å². The lowest BCUT2D eigenvalue weighted by atomic mass is 10.2. The number of amides is 1. The Morgan fingerprint density at radius 3 is 2.70 bits per heavy atom. The number of aromatic nitrogens is 3. The highest BCUT2D eigenvalue weighted by Gasteiger charge is 2.18. The SMILES string of the molecule is C=CC(=O)Nc1cccc(Oc2nc(Nc3ccc(N4CCN(C)CC4)c(OC)c3)nc3[nH]ccc23)c1. The second kappa shape index (κ2) is 10.6. The first-order valence-corrected chi connectivity index (χ1v) is 12.0. The minimum Gasteiger partial charge on any atom is -0.495 e. The van der Waals surface area contributed by atoms with Crippen LogP contribution in [0, 0.1) is 0 Å². The van der Waals surface area contributed by atoms with E-state index >= 15 is 0 Å². The molecule has 0 unspecified atom stereocenters. The van der Waals surface area contributed by atoms with Crippen molar-refractivity contribution in [3.63, 3.8) is 0 Å². The van der Waals surface area contributed by atoms with E-state index in [-0.39, 0.29) is 5.91 Å². The van der Waals surface area contributed by atoms with Gasteiger partial charge in [-0.25, -0.2) is 0 Å². The predicted octanol–water partition coefficient (Wildman–Crippen LogP) is 4.38. The molecule has 37 heavy (non-hydrogen) atoms. The number of nitrogens with one attached hydrogen (secondary N) is 3. The van der Waals surface area contributed by atoms with E-state index < -0.39 is 0 Å². The van der Waals surface area contributed by atoms with Crippen molar-refractivity contribution < 1.29 is 14.3 Å². The lowest BCUT2D eigenvalue weighted by Crippen LogP contribution is -2.44. The van der Waals surface area contributed by atoms with Crippen LogP contribution in [0.25, 0.3) is 11.0 Å². The molecule has 1 fully saturated rings. The van der Waals surface area contributed by atoms with Crippen LogP contribution < -0.4 is 25.0 Å². The average Bonchev–Trinajstić information content (AvgIpc) is 3.38. The molecule has 2 aromatic carbocycles. The van der Waals surface area contributed by atoms with Crippen LogP contribution in [0.4, 0.5) is 23.0 Å². The number of H-pyrrole nitrogens is 1. The number of anilines is 4. The molecular weight excluding hydrogens is 470 g/mol. The minimum atomic E-state index is -0.298. The largest absolute Gasteiger partial charge is 0.495 e. The molecule has 1 saturated heterocycles. The minimum absolute atomic E-state index is 0.298. The molecular formula is C27H29N7O3. The van der Waals surface area contributed by atoms with Crippen molar-refractivity contribution in [2.24, 2.45) is 0 Å². The summed E-state index contributed by atoms with van der Waals surface area (Å²) in [5, 5.41) is 6.73. The van der Waals surface area contributed by atoms with E-state index in [0.29, 0.717) is 28.9 Å². The van der Waals surface area contributed by atoms with E-state index in [1.54, 1.807) is 37.6 Å². The van der Waals surface area contributed by atoms with Crippen molar-refractivity contribution in [2.45, 2.75) is 0 Å². The summed E-state index contributed by atoms with van der Waals surface area (Å²) in [7, 11) is 3.82. The highest BCUT2D eigenvalue weighted by molar-refractivity contribution is 5.99. The van der Waals surface area contributed by atoms with Crippen molar-refractivity contribution in [1.29, 1.82) is 0 Å². The summed E-state index contributed by atoms with van der Waals surface area (Å²) in [4.78, 5) is 28.7. The number of hydrogen-bond donors (Lipinski definition) is 3. The summed E-state index contributed by atoms with van der Waals surface area (Å²) in [6, 6.07) is 14.9. The molecule has 2 aromatic heterocycles. The fourth-order valence-electron chi connectivity index (χ4n) is 4.18. The molecule has 3 N–H and O–H groups in total. The van der Waals surface area contributed by atoms with Gasteiger partial charge in [0.05, 0.1) is 18.2 Å². The summed E-state index contributed by atoms with van der Waals surface area (Å²) >= 11 is 0. The van der Waals surface area contributed by atoms with Crippen LogP contribution >= 0.6 is 0 Å². The lowest BCUT2D eigenvalue weighted by molar-refractivity contribution is -0.111. The van der Waals surface area contributed by atoms with Gasteiger partial charge < -0.3 is 34.9 Å². The third kappa shape index (κ3) is 5.49. The number of aromatic amines is 1. The Morgan fingerprint density at radius 1 is 1.08 bits per heavy atom. The first-order valence-electron chi connectivity index (χ1n) is 12.0. The number of nitrogens with zero attached hydrogens (tertiary/aromatic N) is 4. The molecule has 3 heterocycles. The van der Waals surface area contributed by atoms with Crippen LogP contribution in [0.2, 0.25) is 0 Å². The Kier molecular flexibility index (Phi) is 6.91. The van der Waals surface area contributed by atoms with Crippen LogP contribution in [0.1, 0.15) is 0 Å². The zero-order valence-electron chi connectivity index (χ0n) is 20.8. The summed E-state index contributed by atoms with van der Waals surface area (Å²) < 4.78 is 11.8. The number of carbonyl (C=O) groups is 1. The molecule has 1 aliphatic rings. The molecule has 0 atom stereocenters. The Hall–Kier alpha value is -4.57. The van der Waals surface area contributed by atoms with E-state index in [4.69, 9.17) is 9.47 Å². The van der Waals surface area contributed by atoms with Crippen LogP contribution in [-0.4, -0.2) is 66.1 Å². The quantitative estimate of drug-likeness (QED) is 0.307.